The Morgan fingerprint density at radius 1 is 1.39 bits per heavy atom. The number of hydrogen-bond donors (Lipinski definition) is 1. The van der Waals surface area contributed by atoms with Gasteiger partial charge in [-0.3, -0.25) is 0 Å². The van der Waals surface area contributed by atoms with Gasteiger partial charge in [0.1, 0.15) is 5.82 Å². The number of aromatic nitrogens is 1. The molecule has 0 atom stereocenters. The highest BCUT2D eigenvalue weighted by molar-refractivity contribution is 5.41. The first kappa shape index (κ1) is 13.3. The van der Waals surface area contributed by atoms with E-state index in [1.807, 2.05) is 12.3 Å². The Labute approximate surface area is 110 Å². The molecule has 0 unspecified atom stereocenters. The van der Waals surface area contributed by atoms with E-state index in [9.17, 15) is 0 Å². The smallest absolute Gasteiger partial charge is 0.128 e. The van der Waals surface area contributed by atoms with Crippen LogP contribution >= 0.6 is 0 Å². The van der Waals surface area contributed by atoms with Gasteiger partial charge in [-0.25, -0.2) is 4.98 Å². The zero-order valence-electron chi connectivity index (χ0n) is 11.5. The lowest BCUT2D eigenvalue weighted by molar-refractivity contribution is 0.284. The number of rotatable bonds is 4. The maximum Gasteiger partial charge on any atom is 0.128 e. The number of hydrogen-bond acceptors (Lipinski definition) is 4. The van der Waals surface area contributed by atoms with E-state index in [1.54, 1.807) is 0 Å². The van der Waals surface area contributed by atoms with E-state index < -0.39 is 0 Å². The number of pyridine rings is 1. The van der Waals surface area contributed by atoms with Crippen molar-refractivity contribution in [2.24, 2.45) is 11.7 Å². The monoisotopic (exact) mass is 248 g/mol. The summed E-state index contributed by atoms with van der Waals surface area (Å²) in [6.45, 7) is 4.01. The molecule has 0 spiro atoms. The van der Waals surface area contributed by atoms with E-state index in [-0.39, 0.29) is 0 Å². The van der Waals surface area contributed by atoms with Crippen molar-refractivity contribution in [3.8, 4) is 0 Å². The fraction of sp³-hybridized carbons (Fsp3) is 0.643. The fourth-order valence-corrected chi connectivity index (χ4v) is 2.62. The molecule has 0 aromatic carbocycles. The molecule has 0 radical (unpaired) electrons. The Kier molecular flexibility index (Phi) is 4.55. The van der Waals surface area contributed by atoms with E-state index in [0.717, 1.165) is 30.4 Å². The van der Waals surface area contributed by atoms with Crippen molar-refractivity contribution in [1.29, 1.82) is 0 Å². The van der Waals surface area contributed by atoms with Crippen molar-refractivity contribution in [3.63, 3.8) is 0 Å². The summed E-state index contributed by atoms with van der Waals surface area (Å²) in [5, 5.41) is 0. The summed E-state index contributed by atoms with van der Waals surface area (Å²) < 4.78 is 0. The van der Waals surface area contributed by atoms with Gasteiger partial charge in [-0.15, -0.1) is 0 Å². The van der Waals surface area contributed by atoms with Crippen molar-refractivity contribution < 1.29 is 0 Å². The Morgan fingerprint density at radius 2 is 2.11 bits per heavy atom. The van der Waals surface area contributed by atoms with Crippen LogP contribution in [0.1, 0.15) is 18.4 Å². The fourth-order valence-electron chi connectivity index (χ4n) is 2.62. The summed E-state index contributed by atoms with van der Waals surface area (Å²) in [7, 11) is 4.30. The number of anilines is 1. The van der Waals surface area contributed by atoms with E-state index in [4.69, 9.17) is 5.73 Å². The molecule has 1 aliphatic heterocycles. The lowest BCUT2D eigenvalue weighted by atomic mass is 9.96. The first-order valence-corrected chi connectivity index (χ1v) is 6.73. The molecule has 1 aromatic rings. The summed E-state index contributed by atoms with van der Waals surface area (Å²) in [5.41, 5.74) is 6.84. The quantitative estimate of drug-likeness (QED) is 0.873. The Bertz CT molecular complexity index is 370. The number of nitrogens with two attached hydrogens (primary N) is 1. The maximum atomic E-state index is 5.67. The Hall–Kier alpha value is -1.13. The summed E-state index contributed by atoms with van der Waals surface area (Å²) in [6, 6.07) is 4.11. The molecule has 2 N–H and O–H groups in total. The van der Waals surface area contributed by atoms with Crippen LogP contribution < -0.4 is 10.6 Å². The molecular weight excluding hydrogens is 224 g/mol. The molecule has 1 fully saturated rings. The summed E-state index contributed by atoms with van der Waals surface area (Å²) in [4.78, 5) is 9.12. The molecule has 0 aliphatic carbocycles. The summed E-state index contributed by atoms with van der Waals surface area (Å²) in [6.07, 6.45) is 4.38. The lowest BCUT2D eigenvalue weighted by Crippen LogP contribution is -2.37. The van der Waals surface area contributed by atoms with Gasteiger partial charge < -0.3 is 15.5 Å². The van der Waals surface area contributed by atoms with Crippen LogP contribution in [-0.4, -0.2) is 43.6 Å². The molecule has 1 aromatic heterocycles. The SMILES string of the molecule is CN(C)CC1CCN(c2cc(CN)ccn2)CC1. The van der Waals surface area contributed by atoms with Crippen molar-refractivity contribution in [1.82, 2.24) is 9.88 Å². The van der Waals surface area contributed by atoms with Gasteiger partial charge in [0.15, 0.2) is 0 Å². The van der Waals surface area contributed by atoms with Crippen LogP contribution in [0, 0.1) is 5.92 Å². The molecule has 100 valence electrons. The number of nitrogens with zero attached hydrogens (tertiary/aromatic N) is 3. The molecule has 4 heteroatoms. The van der Waals surface area contributed by atoms with Crippen LogP contribution in [-0.2, 0) is 6.54 Å². The molecule has 0 saturated carbocycles. The minimum absolute atomic E-state index is 0.590. The highest BCUT2D eigenvalue weighted by Crippen LogP contribution is 2.22. The zero-order valence-corrected chi connectivity index (χ0v) is 11.5. The topological polar surface area (TPSA) is 45.4 Å². The van der Waals surface area contributed by atoms with Gasteiger partial charge in [-0.2, -0.15) is 0 Å². The van der Waals surface area contributed by atoms with Crippen LogP contribution in [0.4, 0.5) is 5.82 Å². The first-order chi connectivity index (χ1) is 8.69. The van der Waals surface area contributed by atoms with Gasteiger partial charge in [-0.1, -0.05) is 0 Å². The van der Waals surface area contributed by atoms with Crippen molar-refractivity contribution in [3.05, 3.63) is 23.9 Å². The van der Waals surface area contributed by atoms with E-state index in [2.05, 4.69) is 34.9 Å². The van der Waals surface area contributed by atoms with Gasteiger partial charge in [0, 0.05) is 32.4 Å². The molecule has 18 heavy (non-hydrogen) atoms. The average molecular weight is 248 g/mol. The number of piperidine rings is 1. The molecule has 0 bridgehead atoms. The van der Waals surface area contributed by atoms with Crippen molar-refractivity contribution in [2.45, 2.75) is 19.4 Å². The van der Waals surface area contributed by atoms with E-state index in [0.29, 0.717) is 6.54 Å². The second-order valence-electron chi connectivity index (χ2n) is 5.42. The molecule has 2 rings (SSSR count). The lowest BCUT2D eigenvalue weighted by Gasteiger charge is -2.34. The highest BCUT2D eigenvalue weighted by Gasteiger charge is 2.20. The normalized spacial score (nSPS) is 17.4. The van der Waals surface area contributed by atoms with Gasteiger partial charge in [-0.05, 0) is 50.6 Å². The third kappa shape index (κ3) is 3.43. The van der Waals surface area contributed by atoms with Crippen LogP contribution in [0.2, 0.25) is 0 Å². The standard InChI is InChI=1S/C14H24N4/c1-17(2)11-12-4-7-18(8-5-12)14-9-13(10-15)3-6-16-14/h3,6,9,12H,4-5,7-8,10-11,15H2,1-2H3. The predicted octanol–water partition coefficient (Wildman–Crippen LogP) is 1.32. The molecule has 1 aliphatic rings. The minimum atomic E-state index is 0.590. The third-order valence-corrected chi connectivity index (χ3v) is 3.61. The molecular formula is C14H24N4. The van der Waals surface area contributed by atoms with Crippen molar-refractivity contribution >= 4 is 5.82 Å². The van der Waals surface area contributed by atoms with Crippen LogP contribution in [0.25, 0.3) is 0 Å². The van der Waals surface area contributed by atoms with Crippen LogP contribution in [0.15, 0.2) is 18.3 Å². The van der Waals surface area contributed by atoms with Gasteiger partial charge >= 0.3 is 0 Å². The molecule has 4 nitrogen and oxygen atoms in total. The molecule has 2 heterocycles. The predicted molar refractivity (Wildman–Crippen MR) is 75.6 cm³/mol. The Balaban J connectivity index is 1.92. The zero-order chi connectivity index (χ0) is 13.0. The molecule has 1 saturated heterocycles. The largest absolute Gasteiger partial charge is 0.357 e. The minimum Gasteiger partial charge on any atom is -0.357 e. The Morgan fingerprint density at radius 3 is 2.72 bits per heavy atom. The van der Waals surface area contributed by atoms with Gasteiger partial charge in [0.2, 0.25) is 0 Å². The van der Waals surface area contributed by atoms with Crippen LogP contribution in [0.3, 0.4) is 0 Å². The molecule has 0 amide bonds. The second-order valence-corrected chi connectivity index (χ2v) is 5.42. The van der Waals surface area contributed by atoms with E-state index in [1.165, 1.54) is 19.4 Å². The first-order valence-electron chi connectivity index (χ1n) is 6.73. The van der Waals surface area contributed by atoms with Gasteiger partial charge in [0.25, 0.3) is 0 Å². The van der Waals surface area contributed by atoms with Gasteiger partial charge in [0.05, 0.1) is 0 Å². The summed E-state index contributed by atoms with van der Waals surface area (Å²) in [5.74, 6) is 1.91. The van der Waals surface area contributed by atoms with E-state index >= 15 is 0 Å². The van der Waals surface area contributed by atoms with Crippen LogP contribution in [0.5, 0.6) is 0 Å². The second kappa shape index (κ2) is 6.16. The maximum absolute atomic E-state index is 5.67. The third-order valence-electron chi connectivity index (χ3n) is 3.61. The summed E-state index contributed by atoms with van der Waals surface area (Å²) >= 11 is 0. The van der Waals surface area contributed by atoms with Crippen molar-refractivity contribution in [2.75, 3.05) is 38.6 Å². The highest BCUT2D eigenvalue weighted by atomic mass is 15.2. The average Bonchev–Trinajstić information content (AvgIpc) is 2.39.